The molecule has 0 aromatic carbocycles. The first-order valence-corrected chi connectivity index (χ1v) is 8.76. The van der Waals surface area contributed by atoms with Gasteiger partial charge in [0.2, 0.25) is 10.0 Å². The molecule has 1 fully saturated rings. The highest BCUT2D eigenvalue weighted by Gasteiger charge is 2.26. The summed E-state index contributed by atoms with van der Waals surface area (Å²) in [6.07, 6.45) is 0.892. The van der Waals surface area contributed by atoms with Gasteiger partial charge in [0, 0.05) is 36.4 Å². The van der Waals surface area contributed by atoms with E-state index in [0.717, 1.165) is 24.4 Å². The van der Waals surface area contributed by atoms with Crippen LogP contribution in [0.5, 0.6) is 0 Å². The summed E-state index contributed by atoms with van der Waals surface area (Å²) < 4.78 is 26.7. The molecule has 0 atom stereocenters. The zero-order valence-corrected chi connectivity index (χ0v) is 13.1. The van der Waals surface area contributed by atoms with Crippen molar-refractivity contribution in [3.8, 4) is 0 Å². The summed E-state index contributed by atoms with van der Waals surface area (Å²) >= 11 is 1.49. The van der Waals surface area contributed by atoms with Crippen LogP contribution >= 0.6 is 11.3 Å². The van der Waals surface area contributed by atoms with Gasteiger partial charge in [-0.3, -0.25) is 0 Å². The lowest BCUT2D eigenvalue weighted by Gasteiger charge is -2.19. The molecule has 19 heavy (non-hydrogen) atoms. The monoisotopic (exact) mass is 303 g/mol. The molecule has 1 aliphatic heterocycles. The van der Waals surface area contributed by atoms with Gasteiger partial charge in [-0.2, -0.15) is 4.31 Å². The predicted molar refractivity (Wildman–Crippen MR) is 78.0 cm³/mol. The summed E-state index contributed by atoms with van der Waals surface area (Å²) in [4.78, 5) is 3.66. The average molecular weight is 303 g/mol. The van der Waals surface area contributed by atoms with Crippen molar-refractivity contribution in [1.29, 1.82) is 0 Å². The van der Waals surface area contributed by atoms with Crippen molar-refractivity contribution < 1.29 is 8.42 Å². The van der Waals surface area contributed by atoms with Crippen LogP contribution in [-0.4, -0.2) is 57.9 Å². The molecule has 0 amide bonds. The Bertz CT molecular complexity index is 513. The maximum absolute atomic E-state index is 12.6. The minimum absolute atomic E-state index is 0.437. The second-order valence-corrected chi connectivity index (χ2v) is 7.77. The number of rotatable bonds is 4. The number of hydrogen-bond acceptors (Lipinski definition) is 5. The molecule has 2 heterocycles. The topological polar surface area (TPSA) is 52.7 Å². The van der Waals surface area contributed by atoms with Gasteiger partial charge in [0.25, 0.3) is 0 Å². The van der Waals surface area contributed by atoms with Crippen LogP contribution in [0.1, 0.15) is 11.3 Å². The van der Waals surface area contributed by atoms with E-state index in [9.17, 15) is 8.42 Å². The molecule has 0 unspecified atom stereocenters. The Kier molecular flexibility index (Phi) is 4.97. The van der Waals surface area contributed by atoms with Gasteiger partial charge in [-0.15, -0.1) is 11.3 Å². The summed E-state index contributed by atoms with van der Waals surface area (Å²) in [5.74, 6) is 0. The molecule has 0 saturated carbocycles. The quantitative estimate of drug-likeness (QED) is 0.894. The lowest BCUT2D eigenvalue weighted by Crippen LogP contribution is -2.34. The highest BCUT2D eigenvalue weighted by molar-refractivity contribution is 7.89. The molecule has 108 valence electrons. The summed E-state index contributed by atoms with van der Waals surface area (Å²) in [6.45, 7) is 3.66. The van der Waals surface area contributed by atoms with E-state index in [-0.39, 0.29) is 0 Å². The van der Waals surface area contributed by atoms with Crippen molar-refractivity contribution in [2.75, 3.05) is 40.3 Å². The average Bonchev–Trinajstić information content (AvgIpc) is 2.72. The van der Waals surface area contributed by atoms with Crippen molar-refractivity contribution in [2.45, 2.75) is 17.9 Å². The Morgan fingerprint density at radius 3 is 2.84 bits per heavy atom. The van der Waals surface area contributed by atoms with Gasteiger partial charge in [-0.1, -0.05) is 0 Å². The van der Waals surface area contributed by atoms with Crippen LogP contribution in [0.15, 0.2) is 16.3 Å². The highest BCUT2D eigenvalue weighted by atomic mass is 32.2. The van der Waals surface area contributed by atoms with Crippen LogP contribution in [0.4, 0.5) is 0 Å². The molecule has 7 heteroatoms. The third kappa shape index (κ3) is 3.55. The lowest BCUT2D eigenvalue weighted by molar-refractivity contribution is 0.347. The fraction of sp³-hybridized carbons (Fsp3) is 0.667. The van der Waals surface area contributed by atoms with Crippen molar-refractivity contribution in [1.82, 2.24) is 14.5 Å². The third-order valence-corrected chi connectivity index (χ3v) is 6.26. The molecule has 5 nitrogen and oxygen atoms in total. The van der Waals surface area contributed by atoms with Gasteiger partial charge < -0.3 is 10.2 Å². The smallest absolute Gasteiger partial charge is 0.243 e. The summed E-state index contributed by atoms with van der Waals surface area (Å²) in [7, 11) is 0.576. The molecule has 1 N–H and O–H groups in total. The van der Waals surface area contributed by atoms with E-state index in [2.05, 4.69) is 10.2 Å². The normalized spacial score (nSPS) is 19.5. The van der Waals surface area contributed by atoms with Crippen LogP contribution in [0.3, 0.4) is 0 Å². The van der Waals surface area contributed by atoms with Crippen LogP contribution in [0, 0.1) is 0 Å². The highest BCUT2D eigenvalue weighted by Crippen LogP contribution is 2.23. The van der Waals surface area contributed by atoms with E-state index in [1.165, 1.54) is 11.3 Å². The number of hydrogen-bond donors (Lipinski definition) is 1. The van der Waals surface area contributed by atoms with Gasteiger partial charge in [-0.25, -0.2) is 8.42 Å². The first-order valence-electron chi connectivity index (χ1n) is 6.45. The van der Waals surface area contributed by atoms with Crippen molar-refractivity contribution in [3.63, 3.8) is 0 Å². The second-order valence-electron chi connectivity index (χ2n) is 4.84. The first kappa shape index (κ1) is 14.9. The SMILES string of the molecule is CNCc1cc(S(=O)(=O)N2CCCN(C)CC2)cs1. The first-order chi connectivity index (χ1) is 9.04. The van der Waals surface area contributed by atoms with E-state index in [4.69, 9.17) is 0 Å². The minimum atomic E-state index is -3.32. The van der Waals surface area contributed by atoms with E-state index in [1.807, 2.05) is 14.1 Å². The van der Waals surface area contributed by atoms with Gasteiger partial charge in [0.05, 0.1) is 4.90 Å². The zero-order valence-electron chi connectivity index (χ0n) is 11.4. The number of thiophene rings is 1. The second kappa shape index (κ2) is 6.32. The Labute approximate surface area is 119 Å². The predicted octanol–water partition coefficient (Wildman–Crippen LogP) is 0.794. The Morgan fingerprint density at radius 1 is 1.32 bits per heavy atom. The number of sulfonamides is 1. The molecular weight excluding hydrogens is 282 g/mol. The molecule has 0 aliphatic carbocycles. The Hall–Kier alpha value is -0.470. The molecule has 0 radical (unpaired) electrons. The van der Waals surface area contributed by atoms with Gasteiger partial charge >= 0.3 is 0 Å². The largest absolute Gasteiger partial charge is 0.315 e. The molecule has 1 aromatic rings. The van der Waals surface area contributed by atoms with Crippen LogP contribution in [0.2, 0.25) is 0 Å². The molecular formula is C12H21N3O2S2. The van der Waals surface area contributed by atoms with Crippen molar-refractivity contribution >= 4 is 21.4 Å². The number of nitrogens with one attached hydrogen (secondary N) is 1. The van der Waals surface area contributed by atoms with E-state index >= 15 is 0 Å². The molecule has 0 bridgehead atoms. The standard InChI is InChI=1S/C12H21N3O2S2/c1-13-9-11-8-12(10-18-11)19(16,17)15-5-3-4-14(2)6-7-15/h8,10,13H,3-7,9H2,1-2H3. The maximum atomic E-state index is 12.6. The van der Waals surface area contributed by atoms with Crippen molar-refractivity contribution in [2.24, 2.45) is 0 Å². The van der Waals surface area contributed by atoms with Crippen molar-refractivity contribution in [3.05, 3.63) is 16.3 Å². The maximum Gasteiger partial charge on any atom is 0.243 e. The fourth-order valence-electron chi connectivity index (χ4n) is 2.17. The van der Waals surface area contributed by atoms with Crippen LogP contribution in [0.25, 0.3) is 0 Å². The fourth-order valence-corrected chi connectivity index (χ4v) is 4.92. The molecule has 2 rings (SSSR count). The van der Waals surface area contributed by atoms with Crippen LogP contribution in [-0.2, 0) is 16.6 Å². The van der Waals surface area contributed by atoms with Crippen LogP contribution < -0.4 is 5.32 Å². The Balaban J connectivity index is 2.15. The molecule has 0 spiro atoms. The summed E-state index contributed by atoms with van der Waals surface area (Å²) in [6, 6.07) is 1.78. The third-order valence-electron chi connectivity index (χ3n) is 3.30. The zero-order chi connectivity index (χ0) is 13.9. The number of nitrogens with zero attached hydrogens (tertiary/aromatic N) is 2. The van der Waals surface area contributed by atoms with E-state index in [0.29, 0.717) is 24.5 Å². The summed E-state index contributed by atoms with van der Waals surface area (Å²) in [5, 5.41) is 4.79. The molecule has 1 aliphatic rings. The number of likely N-dealkylation sites (N-methyl/N-ethyl adjacent to an activating group) is 1. The van der Waals surface area contributed by atoms with Gasteiger partial charge in [0.1, 0.15) is 0 Å². The summed E-state index contributed by atoms with van der Waals surface area (Å²) in [5.41, 5.74) is 0. The van der Waals surface area contributed by atoms with Gasteiger partial charge in [0.15, 0.2) is 0 Å². The lowest BCUT2D eigenvalue weighted by atomic mass is 10.4. The van der Waals surface area contributed by atoms with Gasteiger partial charge in [-0.05, 0) is 33.1 Å². The minimum Gasteiger partial charge on any atom is -0.315 e. The Morgan fingerprint density at radius 2 is 2.11 bits per heavy atom. The molecule has 1 aromatic heterocycles. The van der Waals surface area contributed by atoms with E-state index in [1.54, 1.807) is 15.8 Å². The van der Waals surface area contributed by atoms with E-state index < -0.39 is 10.0 Å². The molecule has 1 saturated heterocycles.